The molecular weight excluding hydrogens is 508 g/mol. The van der Waals surface area contributed by atoms with Crippen LogP contribution in [0.15, 0.2) is 52.4 Å². The second-order valence-corrected chi connectivity index (χ2v) is 9.61. The molecule has 0 bridgehead atoms. The standard InChI is InChI=1S/C29H40N2O6.ClH/c1-9-19(26(32)37-29(5,6)7)16-20-14-12-13-15-21(20)24-23(27(33)35-10-2)18(4)31-22(17-30-8)25(24)28(34)36-11-3;/h12-16,24,30-31H,9-11,17H2,1-8H3;1H/b19-16+;. The summed E-state index contributed by atoms with van der Waals surface area (Å²) in [5.74, 6) is -2.23. The van der Waals surface area contributed by atoms with E-state index in [0.717, 1.165) is 0 Å². The number of allylic oxidation sites excluding steroid dienone is 1. The van der Waals surface area contributed by atoms with E-state index in [-0.39, 0.29) is 25.6 Å². The second-order valence-electron chi connectivity index (χ2n) is 9.61. The molecule has 1 aliphatic rings. The SMILES string of the molecule is CCOC(=O)C1=C(C)NC(CNC)=C(C(=O)OCC)C1c1ccccc1/C=C(\CC)C(=O)OC(C)(C)C.Cl. The molecule has 1 heterocycles. The lowest BCUT2D eigenvalue weighted by atomic mass is 9.78. The number of hydrogen-bond donors (Lipinski definition) is 2. The lowest BCUT2D eigenvalue weighted by Gasteiger charge is -2.32. The molecule has 0 aliphatic carbocycles. The molecule has 9 heteroatoms. The molecule has 0 amide bonds. The van der Waals surface area contributed by atoms with Crippen molar-refractivity contribution in [2.75, 3.05) is 26.8 Å². The van der Waals surface area contributed by atoms with Crippen LogP contribution in [0, 0.1) is 0 Å². The molecule has 1 atom stereocenters. The number of rotatable bonds is 10. The quantitative estimate of drug-likeness (QED) is 0.244. The highest BCUT2D eigenvalue weighted by molar-refractivity contribution is 6.01. The van der Waals surface area contributed by atoms with Gasteiger partial charge in [0.25, 0.3) is 0 Å². The van der Waals surface area contributed by atoms with Crippen LogP contribution < -0.4 is 10.6 Å². The van der Waals surface area contributed by atoms with Crippen LogP contribution in [-0.4, -0.2) is 50.3 Å². The molecule has 1 aromatic carbocycles. The normalized spacial score (nSPS) is 15.9. The van der Waals surface area contributed by atoms with Crippen molar-refractivity contribution in [2.24, 2.45) is 0 Å². The predicted octanol–water partition coefficient (Wildman–Crippen LogP) is 4.80. The van der Waals surface area contributed by atoms with Crippen LogP contribution in [0.3, 0.4) is 0 Å². The first-order valence-electron chi connectivity index (χ1n) is 12.7. The van der Waals surface area contributed by atoms with Crippen LogP contribution in [0.25, 0.3) is 6.08 Å². The molecule has 1 aromatic rings. The van der Waals surface area contributed by atoms with Gasteiger partial charge in [0.05, 0.1) is 30.3 Å². The monoisotopic (exact) mass is 548 g/mol. The number of dihydropyridines is 1. The minimum Gasteiger partial charge on any atom is -0.463 e. The molecule has 2 N–H and O–H groups in total. The van der Waals surface area contributed by atoms with Gasteiger partial charge < -0.3 is 24.8 Å². The third-order valence-electron chi connectivity index (χ3n) is 5.67. The van der Waals surface area contributed by atoms with Gasteiger partial charge in [0.1, 0.15) is 5.60 Å². The minimum atomic E-state index is -0.771. The molecule has 0 spiro atoms. The maximum Gasteiger partial charge on any atom is 0.336 e. The Morgan fingerprint density at radius 2 is 1.58 bits per heavy atom. The molecule has 0 radical (unpaired) electrons. The molecule has 8 nitrogen and oxygen atoms in total. The average molecular weight is 549 g/mol. The van der Waals surface area contributed by atoms with Gasteiger partial charge in [-0.3, -0.25) is 0 Å². The Kier molecular flexibility index (Phi) is 12.8. The Balaban J connectivity index is 0.00000722. The summed E-state index contributed by atoms with van der Waals surface area (Å²) in [6.07, 6.45) is 2.21. The van der Waals surface area contributed by atoms with E-state index >= 15 is 0 Å². The number of ether oxygens (including phenoxy) is 3. The zero-order valence-electron chi connectivity index (χ0n) is 23.7. The summed E-state index contributed by atoms with van der Waals surface area (Å²) in [7, 11) is 1.78. The van der Waals surface area contributed by atoms with Gasteiger partial charge in [-0.1, -0.05) is 31.2 Å². The number of hydrogen-bond acceptors (Lipinski definition) is 8. The summed E-state index contributed by atoms with van der Waals surface area (Å²) in [5.41, 5.74) is 3.05. The molecule has 0 saturated heterocycles. The first-order chi connectivity index (χ1) is 17.5. The molecule has 1 unspecified atom stereocenters. The fraction of sp³-hybridized carbons (Fsp3) is 0.483. The fourth-order valence-electron chi connectivity index (χ4n) is 4.19. The van der Waals surface area contributed by atoms with Gasteiger partial charge >= 0.3 is 17.9 Å². The molecule has 2 rings (SSSR count). The van der Waals surface area contributed by atoms with Crippen LogP contribution in [0.2, 0.25) is 0 Å². The van der Waals surface area contributed by atoms with Crippen LogP contribution in [-0.2, 0) is 28.6 Å². The summed E-state index contributed by atoms with van der Waals surface area (Å²) in [6, 6.07) is 7.40. The van der Waals surface area contributed by atoms with Gasteiger partial charge in [0, 0.05) is 23.5 Å². The number of esters is 3. The molecule has 0 saturated carbocycles. The van der Waals surface area contributed by atoms with Gasteiger partial charge in [0.15, 0.2) is 0 Å². The zero-order valence-corrected chi connectivity index (χ0v) is 24.5. The van der Waals surface area contributed by atoms with Crippen molar-refractivity contribution < 1.29 is 28.6 Å². The number of carbonyl (C=O) groups is 3. The van der Waals surface area contributed by atoms with Crippen LogP contribution in [0.1, 0.15) is 71.9 Å². The first kappa shape index (κ1) is 32.9. The highest BCUT2D eigenvalue weighted by Gasteiger charge is 2.39. The van der Waals surface area contributed by atoms with E-state index in [0.29, 0.717) is 52.2 Å². The summed E-state index contributed by atoms with van der Waals surface area (Å²) < 4.78 is 16.4. The van der Waals surface area contributed by atoms with E-state index in [1.165, 1.54) is 0 Å². The van der Waals surface area contributed by atoms with E-state index < -0.39 is 29.4 Å². The Bertz CT molecular complexity index is 1110. The number of carbonyl (C=O) groups excluding carboxylic acids is 3. The number of halogens is 1. The van der Waals surface area contributed by atoms with Crippen molar-refractivity contribution in [1.29, 1.82) is 0 Å². The molecule has 1 aliphatic heterocycles. The van der Waals surface area contributed by atoms with Crippen molar-refractivity contribution in [3.63, 3.8) is 0 Å². The lowest BCUT2D eigenvalue weighted by molar-refractivity contribution is -0.150. The van der Waals surface area contributed by atoms with Crippen molar-refractivity contribution in [1.82, 2.24) is 10.6 Å². The largest absolute Gasteiger partial charge is 0.463 e. The Hall–Kier alpha value is -3.10. The minimum absolute atomic E-state index is 0. The van der Waals surface area contributed by atoms with E-state index in [1.54, 1.807) is 33.9 Å². The summed E-state index contributed by atoms with van der Waals surface area (Å²) in [6.45, 7) is 13.3. The Morgan fingerprint density at radius 3 is 2.11 bits per heavy atom. The zero-order chi connectivity index (χ0) is 27.8. The smallest absolute Gasteiger partial charge is 0.336 e. The van der Waals surface area contributed by atoms with Gasteiger partial charge in [-0.25, -0.2) is 14.4 Å². The van der Waals surface area contributed by atoms with Crippen LogP contribution >= 0.6 is 12.4 Å². The first-order valence-corrected chi connectivity index (χ1v) is 12.7. The van der Waals surface area contributed by atoms with E-state index in [4.69, 9.17) is 14.2 Å². The van der Waals surface area contributed by atoms with Crippen LogP contribution in [0.4, 0.5) is 0 Å². The number of benzene rings is 1. The third-order valence-corrected chi connectivity index (χ3v) is 5.67. The predicted molar refractivity (Wildman–Crippen MR) is 151 cm³/mol. The Morgan fingerprint density at radius 1 is 1.00 bits per heavy atom. The number of likely N-dealkylation sites (N-methyl/N-ethyl adjacent to an activating group) is 1. The Labute approximate surface area is 232 Å². The highest BCUT2D eigenvalue weighted by atomic mass is 35.5. The third kappa shape index (κ3) is 8.20. The number of nitrogens with one attached hydrogen (secondary N) is 2. The molecular formula is C29H41ClN2O6. The van der Waals surface area contributed by atoms with Crippen molar-refractivity contribution in [2.45, 2.75) is 66.4 Å². The molecule has 0 aromatic heterocycles. The van der Waals surface area contributed by atoms with E-state index in [1.807, 2.05) is 52.0 Å². The van der Waals surface area contributed by atoms with Gasteiger partial charge in [0.2, 0.25) is 0 Å². The fourth-order valence-corrected chi connectivity index (χ4v) is 4.19. The topological polar surface area (TPSA) is 103 Å². The van der Waals surface area contributed by atoms with E-state index in [2.05, 4.69) is 10.6 Å². The maximum absolute atomic E-state index is 13.3. The van der Waals surface area contributed by atoms with Crippen LogP contribution in [0.5, 0.6) is 0 Å². The van der Waals surface area contributed by atoms with Gasteiger partial charge in [-0.05, 0) is 72.2 Å². The lowest BCUT2D eigenvalue weighted by Crippen LogP contribution is -2.36. The summed E-state index contributed by atoms with van der Waals surface area (Å²) in [5, 5.41) is 6.30. The molecule has 38 heavy (non-hydrogen) atoms. The molecule has 210 valence electrons. The van der Waals surface area contributed by atoms with E-state index in [9.17, 15) is 14.4 Å². The highest BCUT2D eigenvalue weighted by Crippen LogP contribution is 2.41. The average Bonchev–Trinajstić information content (AvgIpc) is 2.81. The second kappa shape index (κ2) is 14.7. The maximum atomic E-state index is 13.3. The van der Waals surface area contributed by atoms with Crippen molar-refractivity contribution >= 4 is 36.4 Å². The van der Waals surface area contributed by atoms with Crippen molar-refractivity contribution in [3.8, 4) is 0 Å². The molecule has 0 fully saturated rings. The summed E-state index contributed by atoms with van der Waals surface area (Å²) in [4.78, 5) is 39.5. The van der Waals surface area contributed by atoms with Gasteiger partial charge in [-0.15, -0.1) is 12.4 Å². The summed E-state index contributed by atoms with van der Waals surface area (Å²) >= 11 is 0. The van der Waals surface area contributed by atoms with Gasteiger partial charge in [-0.2, -0.15) is 0 Å². The van der Waals surface area contributed by atoms with Crippen molar-refractivity contribution in [3.05, 3.63) is 63.5 Å².